The lowest BCUT2D eigenvalue weighted by atomic mass is 10.7. The molecule has 0 aliphatic heterocycles. The van der Waals surface area contributed by atoms with Gasteiger partial charge in [0.1, 0.15) is 6.54 Å². The predicted octanol–water partition coefficient (Wildman–Crippen LogP) is 1.06. The number of hydrogen-bond donors (Lipinski definition) is 2. The zero-order valence-electron chi connectivity index (χ0n) is 8.96. The standard InChI is InChI=1S/C8H17NO4Si/c1-6(14(2,3)4)13-8(12)9-5-7(10)11/h6H,5H2,1-4H3,(H,9,12)(H,10,11). The number of carbonyl (C=O) groups excluding carboxylic acids is 1. The van der Waals surface area contributed by atoms with Gasteiger partial charge < -0.3 is 15.2 Å². The summed E-state index contributed by atoms with van der Waals surface area (Å²) < 4.78 is 5.01. The summed E-state index contributed by atoms with van der Waals surface area (Å²) in [5, 5.41) is 10.4. The van der Waals surface area contributed by atoms with Gasteiger partial charge in [-0.25, -0.2) is 4.79 Å². The first-order valence-electron chi connectivity index (χ1n) is 4.39. The number of alkyl carbamates (subject to hydrolysis) is 1. The molecule has 0 aromatic carbocycles. The monoisotopic (exact) mass is 219 g/mol. The number of amides is 1. The lowest BCUT2D eigenvalue weighted by molar-refractivity contribution is -0.135. The van der Waals surface area contributed by atoms with Gasteiger partial charge in [0.25, 0.3) is 0 Å². The van der Waals surface area contributed by atoms with Crippen LogP contribution in [0.2, 0.25) is 19.6 Å². The third-order valence-corrected chi connectivity index (χ3v) is 4.44. The zero-order chi connectivity index (χ0) is 11.4. The van der Waals surface area contributed by atoms with Crippen molar-refractivity contribution >= 4 is 20.1 Å². The first-order valence-corrected chi connectivity index (χ1v) is 7.97. The van der Waals surface area contributed by atoms with Crippen LogP contribution in [0, 0.1) is 0 Å². The minimum Gasteiger partial charge on any atom is -0.480 e. The molecule has 0 rings (SSSR count). The highest BCUT2D eigenvalue weighted by Crippen LogP contribution is 2.10. The van der Waals surface area contributed by atoms with Gasteiger partial charge in [0.05, 0.1) is 13.8 Å². The summed E-state index contributed by atoms with van der Waals surface area (Å²) in [7, 11) is -1.51. The highest BCUT2D eigenvalue weighted by molar-refractivity contribution is 6.77. The quantitative estimate of drug-likeness (QED) is 0.693. The maximum Gasteiger partial charge on any atom is 0.407 e. The molecule has 2 N–H and O–H groups in total. The molecule has 6 heteroatoms. The number of aliphatic carboxylic acids is 1. The molecule has 14 heavy (non-hydrogen) atoms. The second-order valence-electron chi connectivity index (χ2n) is 4.16. The van der Waals surface area contributed by atoms with Crippen molar-refractivity contribution in [2.75, 3.05) is 6.54 Å². The van der Waals surface area contributed by atoms with E-state index in [1.165, 1.54) is 0 Å². The van der Waals surface area contributed by atoms with E-state index in [0.717, 1.165) is 0 Å². The Bertz CT molecular complexity index is 224. The van der Waals surface area contributed by atoms with Gasteiger partial charge in [0.15, 0.2) is 0 Å². The molecule has 0 radical (unpaired) electrons. The average molecular weight is 219 g/mol. The molecule has 0 bridgehead atoms. The van der Waals surface area contributed by atoms with E-state index in [2.05, 4.69) is 25.0 Å². The molecule has 0 spiro atoms. The van der Waals surface area contributed by atoms with Crippen LogP contribution in [0.4, 0.5) is 4.79 Å². The predicted molar refractivity (Wildman–Crippen MR) is 54.9 cm³/mol. The molecule has 0 aliphatic carbocycles. The third-order valence-electron chi connectivity index (χ3n) is 1.89. The van der Waals surface area contributed by atoms with Crippen molar-refractivity contribution in [2.45, 2.75) is 32.3 Å². The summed E-state index contributed by atoms with van der Waals surface area (Å²) in [5.41, 5.74) is -0.128. The van der Waals surface area contributed by atoms with Crippen molar-refractivity contribution in [3.8, 4) is 0 Å². The van der Waals surface area contributed by atoms with Gasteiger partial charge in [-0.05, 0) is 6.92 Å². The highest BCUT2D eigenvalue weighted by Gasteiger charge is 2.25. The van der Waals surface area contributed by atoms with E-state index >= 15 is 0 Å². The van der Waals surface area contributed by atoms with Crippen LogP contribution in [0.15, 0.2) is 0 Å². The molecule has 0 fully saturated rings. The van der Waals surface area contributed by atoms with Crippen molar-refractivity contribution < 1.29 is 19.4 Å². The second-order valence-corrected chi connectivity index (χ2v) is 9.71. The second kappa shape index (κ2) is 4.99. The topological polar surface area (TPSA) is 75.6 Å². The third kappa shape index (κ3) is 5.58. The Kier molecular flexibility index (Phi) is 4.62. The smallest absolute Gasteiger partial charge is 0.407 e. The van der Waals surface area contributed by atoms with Crippen molar-refractivity contribution in [1.29, 1.82) is 0 Å². The number of rotatable bonds is 4. The van der Waals surface area contributed by atoms with Crippen LogP contribution >= 0.6 is 0 Å². The zero-order valence-corrected chi connectivity index (χ0v) is 9.96. The fraction of sp³-hybridized carbons (Fsp3) is 0.750. The van der Waals surface area contributed by atoms with Crippen LogP contribution in [-0.4, -0.2) is 37.5 Å². The molecule has 5 nitrogen and oxygen atoms in total. The van der Waals surface area contributed by atoms with E-state index in [-0.39, 0.29) is 5.73 Å². The number of ether oxygens (including phenoxy) is 1. The van der Waals surface area contributed by atoms with Crippen molar-refractivity contribution in [1.82, 2.24) is 5.32 Å². The van der Waals surface area contributed by atoms with Crippen molar-refractivity contribution in [3.63, 3.8) is 0 Å². The fourth-order valence-corrected chi connectivity index (χ4v) is 0.987. The lowest BCUT2D eigenvalue weighted by Gasteiger charge is -2.24. The Hall–Kier alpha value is -1.04. The number of hydrogen-bond acceptors (Lipinski definition) is 3. The number of carboxylic acids is 1. The van der Waals surface area contributed by atoms with Gasteiger partial charge in [-0.3, -0.25) is 4.79 Å². The number of nitrogens with one attached hydrogen (secondary N) is 1. The summed E-state index contributed by atoms with van der Waals surface area (Å²) in [6.07, 6.45) is -0.665. The minimum absolute atomic E-state index is 0.128. The summed E-state index contributed by atoms with van der Waals surface area (Å²) in [5.74, 6) is -1.08. The Morgan fingerprint density at radius 3 is 2.29 bits per heavy atom. The van der Waals surface area contributed by atoms with E-state index < -0.39 is 26.7 Å². The molecule has 82 valence electrons. The Morgan fingerprint density at radius 1 is 1.43 bits per heavy atom. The van der Waals surface area contributed by atoms with Crippen LogP contribution in [-0.2, 0) is 9.53 Å². The maximum atomic E-state index is 11.0. The normalized spacial score (nSPS) is 13.1. The van der Waals surface area contributed by atoms with Gasteiger partial charge in [-0.1, -0.05) is 19.6 Å². The van der Waals surface area contributed by atoms with Crippen molar-refractivity contribution in [2.24, 2.45) is 0 Å². The SMILES string of the molecule is CC(OC(=O)NCC(=O)O)[Si](C)(C)C. The van der Waals surface area contributed by atoms with Crippen LogP contribution in [0.25, 0.3) is 0 Å². The van der Waals surface area contributed by atoms with Gasteiger partial charge >= 0.3 is 12.1 Å². The Morgan fingerprint density at radius 2 is 1.93 bits per heavy atom. The summed E-state index contributed by atoms with van der Waals surface area (Å²) in [6, 6.07) is 0. The molecule has 0 saturated carbocycles. The summed E-state index contributed by atoms with van der Waals surface area (Å²) >= 11 is 0. The largest absolute Gasteiger partial charge is 0.480 e. The molecule has 1 amide bonds. The first-order chi connectivity index (χ1) is 6.23. The minimum atomic E-state index is -1.51. The van der Waals surface area contributed by atoms with E-state index in [9.17, 15) is 9.59 Å². The van der Waals surface area contributed by atoms with Gasteiger partial charge in [-0.15, -0.1) is 0 Å². The molecule has 0 saturated heterocycles. The molecule has 0 aromatic heterocycles. The lowest BCUT2D eigenvalue weighted by Crippen LogP contribution is -2.42. The number of carboxylic acid groups (broad SMARTS) is 1. The van der Waals surface area contributed by atoms with E-state index in [1.54, 1.807) is 0 Å². The molecule has 1 unspecified atom stereocenters. The number of carbonyl (C=O) groups is 2. The van der Waals surface area contributed by atoms with Gasteiger partial charge in [-0.2, -0.15) is 0 Å². The van der Waals surface area contributed by atoms with Crippen LogP contribution in [0.1, 0.15) is 6.92 Å². The van der Waals surface area contributed by atoms with Gasteiger partial charge in [0, 0.05) is 0 Å². The fourth-order valence-electron chi connectivity index (χ4n) is 0.527. The molecular formula is C8H17NO4Si. The molecule has 1 atom stereocenters. The van der Waals surface area contributed by atoms with E-state index in [1.807, 2.05) is 6.92 Å². The van der Waals surface area contributed by atoms with Crippen LogP contribution < -0.4 is 5.32 Å². The van der Waals surface area contributed by atoms with E-state index in [4.69, 9.17) is 9.84 Å². The average Bonchev–Trinajstić information content (AvgIpc) is 1.99. The maximum absolute atomic E-state index is 11.0. The van der Waals surface area contributed by atoms with Crippen LogP contribution in [0.3, 0.4) is 0 Å². The highest BCUT2D eigenvalue weighted by atomic mass is 28.3. The Balaban J connectivity index is 3.89. The molecule has 0 heterocycles. The van der Waals surface area contributed by atoms with Crippen molar-refractivity contribution in [3.05, 3.63) is 0 Å². The van der Waals surface area contributed by atoms with Crippen LogP contribution in [0.5, 0.6) is 0 Å². The Labute approximate surface area is 84.5 Å². The molecular weight excluding hydrogens is 202 g/mol. The van der Waals surface area contributed by atoms with E-state index in [0.29, 0.717) is 0 Å². The first kappa shape index (κ1) is 13.0. The van der Waals surface area contributed by atoms with Gasteiger partial charge in [0.2, 0.25) is 0 Å². The molecule has 0 aromatic rings. The summed E-state index contributed by atoms with van der Waals surface area (Å²) in [6.45, 7) is 7.64. The molecule has 0 aliphatic rings. The summed E-state index contributed by atoms with van der Waals surface area (Å²) in [4.78, 5) is 21.2.